The second kappa shape index (κ2) is 9.47. The van der Waals surface area contributed by atoms with Crippen molar-refractivity contribution in [3.63, 3.8) is 0 Å². The van der Waals surface area contributed by atoms with Crippen molar-refractivity contribution in [2.24, 2.45) is 0 Å². The fraction of sp³-hybridized carbons (Fsp3) is 0.348. The van der Waals surface area contributed by atoms with E-state index in [2.05, 4.69) is 40.0 Å². The number of H-pyrrole nitrogens is 1. The van der Waals surface area contributed by atoms with E-state index in [9.17, 15) is 4.79 Å². The number of hydrogen-bond acceptors (Lipinski definition) is 3. The first-order chi connectivity index (χ1) is 14.1. The third-order valence-corrected chi connectivity index (χ3v) is 5.30. The Balaban J connectivity index is 2.02. The molecule has 0 radical (unpaired) electrons. The Morgan fingerprint density at radius 2 is 1.90 bits per heavy atom. The number of methoxy groups -OCH3 is 2. The average Bonchev–Trinajstić information content (AvgIpc) is 3.17. The Morgan fingerprint density at radius 1 is 1.10 bits per heavy atom. The van der Waals surface area contributed by atoms with Gasteiger partial charge in [-0.2, -0.15) is 0 Å². The zero-order chi connectivity index (χ0) is 20.8. The maximum atomic E-state index is 12.2. The molecule has 0 aliphatic carbocycles. The molecule has 1 heterocycles. The zero-order valence-electron chi connectivity index (χ0n) is 17.5. The average molecular weight is 397 g/mol. The first kappa shape index (κ1) is 20.7. The largest absolute Gasteiger partial charge is 0.493 e. The lowest BCUT2D eigenvalue weighted by molar-refractivity contribution is -0.674. The van der Waals surface area contributed by atoms with Gasteiger partial charge in [-0.1, -0.05) is 30.3 Å². The Hall–Kier alpha value is -2.99. The van der Waals surface area contributed by atoms with Gasteiger partial charge in [-0.3, -0.25) is 4.79 Å². The van der Waals surface area contributed by atoms with Crippen LogP contribution in [0, 0.1) is 0 Å². The predicted molar refractivity (Wildman–Crippen MR) is 115 cm³/mol. The van der Waals surface area contributed by atoms with Crippen LogP contribution in [0.15, 0.2) is 48.7 Å². The summed E-state index contributed by atoms with van der Waals surface area (Å²) in [6, 6.07) is 14.0. The third-order valence-electron chi connectivity index (χ3n) is 5.30. The van der Waals surface area contributed by atoms with Gasteiger partial charge >= 0.3 is 0 Å². The highest BCUT2D eigenvalue weighted by atomic mass is 16.5. The quantitative estimate of drug-likeness (QED) is 0.520. The summed E-state index contributed by atoms with van der Waals surface area (Å²) in [5, 5.41) is 6.14. The van der Waals surface area contributed by atoms with Crippen molar-refractivity contribution in [1.29, 1.82) is 0 Å². The number of hydrogen-bond donors (Lipinski definition) is 3. The van der Waals surface area contributed by atoms with Crippen LogP contribution in [0.5, 0.6) is 11.5 Å². The second-order valence-corrected chi connectivity index (χ2v) is 7.08. The van der Waals surface area contributed by atoms with Crippen molar-refractivity contribution in [2.75, 3.05) is 27.3 Å². The molecule has 6 nitrogen and oxygen atoms in total. The topological polar surface area (TPSA) is 80.0 Å². The molecule has 0 saturated carbocycles. The summed E-state index contributed by atoms with van der Waals surface area (Å²) < 4.78 is 11.2. The molecule has 1 amide bonds. The van der Waals surface area contributed by atoms with Crippen molar-refractivity contribution in [3.05, 3.63) is 59.8 Å². The van der Waals surface area contributed by atoms with Gasteiger partial charge in [0.05, 0.1) is 26.7 Å². The fourth-order valence-corrected chi connectivity index (χ4v) is 3.77. The van der Waals surface area contributed by atoms with Crippen molar-refractivity contribution >= 4 is 16.8 Å². The van der Waals surface area contributed by atoms with Gasteiger partial charge in [0.25, 0.3) is 5.91 Å². The maximum Gasteiger partial charge on any atom is 0.277 e. The second-order valence-electron chi connectivity index (χ2n) is 7.08. The fourth-order valence-electron chi connectivity index (χ4n) is 3.77. The zero-order valence-corrected chi connectivity index (χ0v) is 17.5. The number of amides is 1. The van der Waals surface area contributed by atoms with E-state index in [4.69, 9.17) is 9.47 Å². The summed E-state index contributed by atoms with van der Waals surface area (Å²) in [4.78, 5) is 15.6. The van der Waals surface area contributed by atoms with Crippen LogP contribution in [0.2, 0.25) is 0 Å². The Kier molecular flexibility index (Phi) is 6.77. The molecular formula is C23H30N3O3+. The number of aromatic amines is 1. The molecule has 6 heteroatoms. The van der Waals surface area contributed by atoms with E-state index >= 15 is 0 Å². The van der Waals surface area contributed by atoms with Gasteiger partial charge in [-0.05, 0) is 31.5 Å². The number of nitrogens with two attached hydrogens (primary N) is 1. The van der Waals surface area contributed by atoms with Gasteiger partial charge in [-0.15, -0.1) is 0 Å². The molecule has 3 aromatic rings. The molecule has 4 N–H and O–H groups in total. The van der Waals surface area contributed by atoms with E-state index in [-0.39, 0.29) is 17.9 Å². The lowest BCUT2D eigenvalue weighted by Gasteiger charge is -2.21. The van der Waals surface area contributed by atoms with Gasteiger partial charge in [0.15, 0.2) is 17.5 Å². The Labute approximate surface area is 171 Å². The molecule has 0 unspecified atom stereocenters. The number of benzene rings is 2. The highest BCUT2D eigenvalue weighted by Crippen LogP contribution is 2.39. The summed E-state index contributed by atoms with van der Waals surface area (Å²) in [6.07, 6.45) is 2.05. The van der Waals surface area contributed by atoms with E-state index in [1.807, 2.05) is 38.1 Å². The Morgan fingerprint density at radius 3 is 2.62 bits per heavy atom. The highest BCUT2D eigenvalue weighted by molar-refractivity contribution is 5.84. The molecule has 1 aromatic heterocycles. The molecule has 2 atom stereocenters. The third kappa shape index (κ3) is 4.38. The number of quaternary nitrogens is 1. The van der Waals surface area contributed by atoms with E-state index in [1.165, 1.54) is 10.9 Å². The standard InChI is InChI=1S/C23H29N3O3/c1-5-24-23(27)15(2)25-13-19(17-10-8-12-21(28-3)22(17)29-4)18-14-26-20-11-7-6-9-16(18)20/h6-12,14-15,19,25-26H,5,13H2,1-4H3,(H,24,27)/p+1/t15-,19-/m0/s1. The lowest BCUT2D eigenvalue weighted by atomic mass is 9.89. The van der Waals surface area contributed by atoms with E-state index in [0.717, 1.165) is 16.8 Å². The van der Waals surface area contributed by atoms with E-state index in [0.29, 0.717) is 18.8 Å². The number of likely N-dealkylation sites (N-methyl/N-ethyl adjacent to an activating group) is 1. The molecule has 0 aliphatic rings. The van der Waals surface area contributed by atoms with Crippen LogP contribution in [0.25, 0.3) is 10.9 Å². The first-order valence-electron chi connectivity index (χ1n) is 9.98. The molecule has 154 valence electrons. The van der Waals surface area contributed by atoms with E-state index < -0.39 is 0 Å². The number of aromatic nitrogens is 1. The van der Waals surface area contributed by atoms with Crippen LogP contribution in [0.3, 0.4) is 0 Å². The van der Waals surface area contributed by atoms with E-state index in [1.54, 1.807) is 14.2 Å². The summed E-state index contributed by atoms with van der Waals surface area (Å²) in [5.74, 6) is 1.49. The lowest BCUT2D eigenvalue weighted by Crippen LogP contribution is -2.92. The molecule has 2 aromatic carbocycles. The number of carbonyl (C=O) groups is 1. The summed E-state index contributed by atoms with van der Waals surface area (Å²) in [7, 11) is 3.31. The highest BCUT2D eigenvalue weighted by Gasteiger charge is 2.27. The molecular weight excluding hydrogens is 366 g/mol. The number of nitrogens with one attached hydrogen (secondary N) is 2. The molecule has 3 rings (SSSR count). The minimum Gasteiger partial charge on any atom is -0.493 e. The number of ether oxygens (including phenoxy) is 2. The first-order valence-corrected chi connectivity index (χ1v) is 9.98. The minimum absolute atomic E-state index is 0.0214. The van der Waals surface area contributed by atoms with Crippen LogP contribution < -0.4 is 20.1 Å². The molecule has 0 aliphatic heterocycles. The minimum atomic E-state index is -0.181. The predicted octanol–water partition coefficient (Wildman–Crippen LogP) is 2.41. The van der Waals surface area contributed by atoms with Gasteiger partial charge in [0.1, 0.15) is 0 Å². The van der Waals surface area contributed by atoms with Crippen molar-refractivity contribution in [1.82, 2.24) is 10.3 Å². The molecule has 29 heavy (non-hydrogen) atoms. The van der Waals surface area contributed by atoms with Crippen molar-refractivity contribution in [2.45, 2.75) is 25.8 Å². The SMILES string of the molecule is CCNC(=O)[C@H](C)[NH2+]C[C@@H](c1cccc(OC)c1OC)c1c[nH]c2ccccc12. The normalized spacial score (nSPS) is 13.1. The Bertz CT molecular complexity index is 967. The molecule has 0 spiro atoms. The van der Waals surface area contributed by atoms with Gasteiger partial charge in [-0.25, -0.2) is 0 Å². The number of fused-ring (bicyclic) bond motifs is 1. The summed E-state index contributed by atoms with van der Waals surface area (Å²) >= 11 is 0. The maximum absolute atomic E-state index is 12.2. The van der Waals surface area contributed by atoms with Gasteiger partial charge in [0, 0.05) is 29.2 Å². The smallest absolute Gasteiger partial charge is 0.277 e. The van der Waals surface area contributed by atoms with Crippen molar-refractivity contribution in [3.8, 4) is 11.5 Å². The number of para-hydroxylation sites is 2. The van der Waals surface area contributed by atoms with Gasteiger partial charge in [0.2, 0.25) is 0 Å². The van der Waals surface area contributed by atoms with Crippen LogP contribution in [-0.4, -0.2) is 44.2 Å². The monoisotopic (exact) mass is 396 g/mol. The van der Waals surface area contributed by atoms with Crippen LogP contribution in [-0.2, 0) is 4.79 Å². The molecule has 0 bridgehead atoms. The van der Waals surface area contributed by atoms with Crippen LogP contribution >= 0.6 is 0 Å². The number of rotatable bonds is 9. The van der Waals surface area contributed by atoms with Gasteiger partial charge < -0.3 is 25.1 Å². The summed E-state index contributed by atoms with van der Waals surface area (Å²) in [6.45, 7) is 5.19. The number of carbonyl (C=O) groups excluding carboxylic acids is 1. The molecule has 0 saturated heterocycles. The summed E-state index contributed by atoms with van der Waals surface area (Å²) in [5.41, 5.74) is 3.30. The van der Waals surface area contributed by atoms with Crippen LogP contribution in [0.1, 0.15) is 30.9 Å². The van der Waals surface area contributed by atoms with Crippen LogP contribution in [0.4, 0.5) is 0 Å². The molecule has 0 fully saturated rings. The van der Waals surface area contributed by atoms with Crippen molar-refractivity contribution < 1.29 is 19.6 Å².